The van der Waals surface area contributed by atoms with E-state index in [1.807, 2.05) is 18.2 Å². The molecule has 6 nitrogen and oxygen atoms in total. The van der Waals surface area contributed by atoms with Gasteiger partial charge in [-0.25, -0.2) is 13.4 Å². The molecular weight excluding hydrogens is 288 g/mol. The molecule has 1 aromatic heterocycles. The van der Waals surface area contributed by atoms with Crippen LogP contribution in [0.15, 0.2) is 24.4 Å². The van der Waals surface area contributed by atoms with Gasteiger partial charge in [0.15, 0.2) is 0 Å². The molecule has 1 unspecified atom stereocenters. The number of aromatic nitrogens is 1. The van der Waals surface area contributed by atoms with Gasteiger partial charge in [0.05, 0.1) is 5.75 Å². The lowest BCUT2D eigenvalue weighted by atomic mass is 10.3. The average molecular weight is 310 g/mol. The van der Waals surface area contributed by atoms with E-state index in [0.29, 0.717) is 26.2 Å². The van der Waals surface area contributed by atoms with Crippen LogP contribution in [0.2, 0.25) is 0 Å². The number of nitrogens with zero attached hydrogens (tertiary/aromatic N) is 3. The molecule has 2 aliphatic rings. The summed E-state index contributed by atoms with van der Waals surface area (Å²) in [7, 11) is -3.15. The molecule has 0 bridgehead atoms. The molecule has 0 aromatic carbocycles. The topological polar surface area (TPSA) is 65.5 Å². The summed E-state index contributed by atoms with van der Waals surface area (Å²) in [6, 6.07) is 5.94. The molecule has 3 heterocycles. The van der Waals surface area contributed by atoms with Crippen LogP contribution >= 0.6 is 0 Å². The first kappa shape index (κ1) is 14.7. The average Bonchev–Trinajstić information content (AvgIpc) is 3.00. The number of hydrogen-bond donors (Lipinski definition) is 1. The third kappa shape index (κ3) is 3.53. The van der Waals surface area contributed by atoms with Crippen molar-refractivity contribution in [3.8, 4) is 0 Å². The number of nitrogens with one attached hydrogen (secondary N) is 1. The molecule has 0 radical (unpaired) electrons. The summed E-state index contributed by atoms with van der Waals surface area (Å²) < 4.78 is 26.5. The van der Waals surface area contributed by atoms with E-state index >= 15 is 0 Å². The van der Waals surface area contributed by atoms with Crippen LogP contribution in [0, 0.1) is 0 Å². The van der Waals surface area contributed by atoms with Crippen LogP contribution in [-0.2, 0) is 10.0 Å². The van der Waals surface area contributed by atoms with Crippen molar-refractivity contribution in [2.45, 2.75) is 18.9 Å². The molecule has 1 N–H and O–H groups in total. The van der Waals surface area contributed by atoms with Gasteiger partial charge in [-0.1, -0.05) is 6.07 Å². The van der Waals surface area contributed by atoms with Crippen molar-refractivity contribution < 1.29 is 8.42 Å². The molecule has 2 fully saturated rings. The summed E-state index contributed by atoms with van der Waals surface area (Å²) in [5.41, 5.74) is 0. The van der Waals surface area contributed by atoms with E-state index in [9.17, 15) is 8.42 Å². The second-order valence-corrected chi connectivity index (χ2v) is 7.66. The molecule has 0 saturated carbocycles. The van der Waals surface area contributed by atoms with E-state index in [4.69, 9.17) is 0 Å². The monoisotopic (exact) mass is 310 g/mol. The van der Waals surface area contributed by atoms with E-state index in [2.05, 4.69) is 15.2 Å². The standard InChI is InChI=1S/C14H22N4O2S/c19-21(20,12-13-4-3-7-15-13)18-10-8-17(9-11-18)14-5-1-2-6-16-14/h1-2,5-6,13,15H,3-4,7-12H2. The number of hydrogen-bond acceptors (Lipinski definition) is 5. The van der Waals surface area contributed by atoms with Crippen molar-refractivity contribution in [3.63, 3.8) is 0 Å². The zero-order chi connectivity index (χ0) is 14.7. The lowest BCUT2D eigenvalue weighted by Crippen LogP contribution is -2.51. The Morgan fingerprint density at radius 1 is 1.24 bits per heavy atom. The third-order valence-corrected chi connectivity index (χ3v) is 6.16. The van der Waals surface area contributed by atoms with Crippen molar-refractivity contribution in [2.75, 3.05) is 43.4 Å². The van der Waals surface area contributed by atoms with Crippen LogP contribution in [0.3, 0.4) is 0 Å². The van der Waals surface area contributed by atoms with Gasteiger partial charge in [-0.3, -0.25) is 0 Å². The van der Waals surface area contributed by atoms with Crippen molar-refractivity contribution in [1.82, 2.24) is 14.6 Å². The minimum absolute atomic E-state index is 0.129. The summed E-state index contributed by atoms with van der Waals surface area (Å²) in [6.45, 7) is 3.44. The van der Waals surface area contributed by atoms with Gasteiger partial charge in [0.1, 0.15) is 5.82 Å². The van der Waals surface area contributed by atoms with Crippen molar-refractivity contribution in [1.29, 1.82) is 0 Å². The second kappa shape index (κ2) is 6.29. The zero-order valence-corrected chi connectivity index (χ0v) is 12.9. The highest BCUT2D eigenvalue weighted by molar-refractivity contribution is 7.89. The first-order chi connectivity index (χ1) is 10.1. The molecular formula is C14H22N4O2S. The lowest BCUT2D eigenvalue weighted by molar-refractivity contribution is 0.381. The Morgan fingerprint density at radius 3 is 2.67 bits per heavy atom. The Labute approximate surface area is 126 Å². The van der Waals surface area contributed by atoms with Gasteiger partial charge in [-0.2, -0.15) is 4.31 Å². The number of piperazine rings is 1. The number of sulfonamides is 1. The van der Waals surface area contributed by atoms with Gasteiger partial charge in [-0.15, -0.1) is 0 Å². The fraction of sp³-hybridized carbons (Fsp3) is 0.643. The van der Waals surface area contributed by atoms with E-state index in [0.717, 1.165) is 25.2 Å². The molecule has 1 aromatic rings. The molecule has 0 spiro atoms. The number of rotatable bonds is 4. The van der Waals surface area contributed by atoms with E-state index < -0.39 is 10.0 Å². The molecule has 7 heteroatoms. The van der Waals surface area contributed by atoms with Crippen LogP contribution in [-0.4, -0.2) is 62.2 Å². The van der Waals surface area contributed by atoms with Crippen LogP contribution in [0.1, 0.15) is 12.8 Å². The summed E-state index contributed by atoms with van der Waals surface area (Å²) in [5, 5.41) is 3.26. The SMILES string of the molecule is O=S(=O)(CC1CCCN1)N1CCN(c2ccccn2)CC1. The summed E-state index contributed by atoms with van der Waals surface area (Å²) in [5.74, 6) is 1.16. The Kier molecular flexibility index (Phi) is 4.42. The first-order valence-corrected chi connectivity index (χ1v) is 9.13. The normalized spacial score (nSPS) is 24.4. The maximum absolute atomic E-state index is 12.4. The fourth-order valence-corrected chi connectivity index (χ4v) is 4.72. The second-order valence-electron chi connectivity index (χ2n) is 5.65. The highest BCUT2D eigenvalue weighted by Gasteiger charge is 2.30. The van der Waals surface area contributed by atoms with E-state index in [-0.39, 0.29) is 11.8 Å². The van der Waals surface area contributed by atoms with Crippen molar-refractivity contribution in [3.05, 3.63) is 24.4 Å². The Balaban J connectivity index is 1.57. The summed E-state index contributed by atoms with van der Waals surface area (Å²) in [6.07, 6.45) is 3.81. The summed E-state index contributed by atoms with van der Waals surface area (Å²) >= 11 is 0. The quantitative estimate of drug-likeness (QED) is 0.866. The minimum atomic E-state index is -3.15. The van der Waals surface area contributed by atoms with Crippen LogP contribution in [0.4, 0.5) is 5.82 Å². The van der Waals surface area contributed by atoms with Gasteiger partial charge >= 0.3 is 0 Å². The van der Waals surface area contributed by atoms with Gasteiger partial charge in [0, 0.05) is 38.4 Å². The van der Waals surface area contributed by atoms with Gasteiger partial charge < -0.3 is 10.2 Å². The minimum Gasteiger partial charge on any atom is -0.354 e. The van der Waals surface area contributed by atoms with Crippen molar-refractivity contribution in [2.24, 2.45) is 0 Å². The Hall–Kier alpha value is -1.18. The van der Waals surface area contributed by atoms with Crippen LogP contribution in [0.5, 0.6) is 0 Å². The Morgan fingerprint density at radius 2 is 2.05 bits per heavy atom. The largest absolute Gasteiger partial charge is 0.354 e. The number of anilines is 1. The van der Waals surface area contributed by atoms with Gasteiger partial charge in [0.25, 0.3) is 0 Å². The Bertz CT molecular complexity index is 550. The molecule has 3 rings (SSSR count). The third-order valence-electron chi connectivity index (χ3n) is 4.18. The number of pyridine rings is 1. The smallest absolute Gasteiger partial charge is 0.215 e. The van der Waals surface area contributed by atoms with Crippen LogP contribution in [0.25, 0.3) is 0 Å². The molecule has 0 aliphatic carbocycles. The van der Waals surface area contributed by atoms with E-state index in [1.165, 1.54) is 0 Å². The molecule has 1 atom stereocenters. The fourth-order valence-electron chi connectivity index (χ4n) is 2.99. The van der Waals surface area contributed by atoms with Crippen LogP contribution < -0.4 is 10.2 Å². The maximum Gasteiger partial charge on any atom is 0.215 e. The zero-order valence-electron chi connectivity index (χ0n) is 12.1. The predicted molar refractivity (Wildman–Crippen MR) is 82.8 cm³/mol. The molecule has 0 amide bonds. The molecule has 116 valence electrons. The molecule has 2 saturated heterocycles. The highest BCUT2D eigenvalue weighted by Crippen LogP contribution is 2.16. The first-order valence-electron chi connectivity index (χ1n) is 7.52. The lowest BCUT2D eigenvalue weighted by Gasteiger charge is -2.35. The predicted octanol–water partition coefficient (Wildman–Crippen LogP) is 0.285. The summed E-state index contributed by atoms with van der Waals surface area (Å²) in [4.78, 5) is 6.46. The molecule has 21 heavy (non-hydrogen) atoms. The van der Waals surface area contributed by atoms with Gasteiger partial charge in [0.2, 0.25) is 10.0 Å². The van der Waals surface area contributed by atoms with E-state index in [1.54, 1.807) is 10.5 Å². The molecule has 2 aliphatic heterocycles. The maximum atomic E-state index is 12.4. The van der Waals surface area contributed by atoms with Crippen molar-refractivity contribution >= 4 is 15.8 Å². The highest BCUT2D eigenvalue weighted by atomic mass is 32.2. The van der Waals surface area contributed by atoms with Gasteiger partial charge in [-0.05, 0) is 31.5 Å².